The smallest absolute Gasteiger partial charge is 0.227 e. The maximum Gasteiger partial charge on any atom is 0.227 e. The lowest BCUT2D eigenvalue weighted by Gasteiger charge is -2.02. The molecule has 0 atom stereocenters. The van der Waals surface area contributed by atoms with Crippen LogP contribution in [-0.4, -0.2) is 36.2 Å². The second kappa shape index (κ2) is 8.68. The van der Waals surface area contributed by atoms with E-state index in [9.17, 15) is 4.79 Å². The molecule has 0 radical (unpaired) electrons. The molecule has 8 heteroatoms. The summed E-state index contributed by atoms with van der Waals surface area (Å²) in [7, 11) is 1.84. The van der Waals surface area contributed by atoms with Crippen molar-refractivity contribution in [1.29, 1.82) is 0 Å². The van der Waals surface area contributed by atoms with Crippen LogP contribution in [0.3, 0.4) is 0 Å². The molecule has 6 nitrogen and oxygen atoms in total. The molecule has 1 amide bonds. The minimum Gasteiger partial charge on any atom is -0.355 e. The van der Waals surface area contributed by atoms with E-state index in [1.165, 1.54) is 0 Å². The molecule has 0 unspecified atom stereocenters. The van der Waals surface area contributed by atoms with Crippen LogP contribution in [0.15, 0.2) is 22.0 Å². The first kappa shape index (κ1) is 16.6. The molecule has 0 saturated carbocycles. The van der Waals surface area contributed by atoms with Crippen molar-refractivity contribution in [3.05, 3.63) is 23.4 Å². The van der Waals surface area contributed by atoms with Crippen LogP contribution in [0.1, 0.15) is 12.3 Å². The molecule has 0 fully saturated rings. The average Bonchev–Trinajstić information content (AvgIpc) is 3.07. The first-order chi connectivity index (χ1) is 9.29. The normalized spacial score (nSPS) is 10.1. The minimum atomic E-state index is -0.00822. The summed E-state index contributed by atoms with van der Waals surface area (Å²) >= 11 is 1.56. The number of aromatic nitrogens is 2. The fourth-order valence-electron chi connectivity index (χ4n) is 1.50. The zero-order valence-electron chi connectivity index (χ0n) is 11.1. The largest absolute Gasteiger partial charge is 0.355 e. The standard InChI is InChI=1S/C12H16N4O2S.ClH/c1-13-6-7-14-10(17)4-5-11-15-12(16-18-11)9-3-2-8-19-9;/h2-3,8,13H,4-7H2,1H3,(H,14,17);1H. The summed E-state index contributed by atoms with van der Waals surface area (Å²) in [6.45, 7) is 1.38. The van der Waals surface area contributed by atoms with Gasteiger partial charge in [-0.2, -0.15) is 4.98 Å². The second-order valence-corrected chi connectivity index (χ2v) is 4.89. The summed E-state index contributed by atoms with van der Waals surface area (Å²) in [5.74, 6) is 1.07. The SMILES string of the molecule is CNCCNC(=O)CCc1nc(-c2cccs2)no1.Cl. The molecule has 0 aliphatic carbocycles. The highest BCUT2D eigenvalue weighted by atomic mass is 35.5. The molecular formula is C12H17ClN4O2S. The van der Waals surface area contributed by atoms with Gasteiger partial charge >= 0.3 is 0 Å². The van der Waals surface area contributed by atoms with Gasteiger partial charge in [-0.05, 0) is 18.5 Å². The number of hydrogen-bond donors (Lipinski definition) is 2. The Labute approximate surface area is 127 Å². The summed E-state index contributed by atoms with van der Waals surface area (Å²) in [6.07, 6.45) is 0.819. The topological polar surface area (TPSA) is 80.0 Å². The van der Waals surface area contributed by atoms with Crippen molar-refractivity contribution in [2.75, 3.05) is 20.1 Å². The van der Waals surface area contributed by atoms with Gasteiger partial charge in [-0.15, -0.1) is 23.7 Å². The molecule has 2 N–H and O–H groups in total. The Kier molecular flexibility index (Phi) is 7.21. The van der Waals surface area contributed by atoms with Crippen molar-refractivity contribution >= 4 is 29.7 Å². The van der Waals surface area contributed by atoms with Gasteiger partial charge in [0, 0.05) is 25.9 Å². The monoisotopic (exact) mass is 316 g/mol. The van der Waals surface area contributed by atoms with E-state index in [0.29, 0.717) is 31.1 Å². The van der Waals surface area contributed by atoms with Crippen LogP contribution in [0.2, 0.25) is 0 Å². The Bertz CT molecular complexity index is 515. The fraction of sp³-hybridized carbons (Fsp3) is 0.417. The third kappa shape index (κ3) is 4.92. The number of nitrogens with zero attached hydrogens (tertiary/aromatic N) is 2. The first-order valence-electron chi connectivity index (χ1n) is 6.07. The predicted molar refractivity (Wildman–Crippen MR) is 80.1 cm³/mol. The van der Waals surface area contributed by atoms with Crippen molar-refractivity contribution < 1.29 is 9.32 Å². The first-order valence-corrected chi connectivity index (χ1v) is 6.95. The summed E-state index contributed by atoms with van der Waals surface area (Å²) in [5.41, 5.74) is 0. The minimum absolute atomic E-state index is 0. The lowest BCUT2D eigenvalue weighted by Crippen LogP contribution is -2.30. The van der Waals surface area contributed by atoms with Gasteiger partial charge in [0.2, 0.25) is 17.6 Å². The Hall–Kier alpha value is -1.44. The number of amides is 1. The molecule has 2 rings (SSSR count). The van der Waals surface area contributed by atoms with E-state index in [1.54, 1.807) is 11.3 Å². The van der Waals surface area contributed by atoms with Crippen LogP contribution >= 0.6 is 23.7 Å². The van der Waals surface area contributed by atoms with Crippen molar-refractivity contribution in [1.82, 2.24) is 20.8 Å². The Morgan fingerprint density at radius 2 is 2.30 bits per heavy atom. The number of likely N-dealkylation sites (N-methyl/N-ethyl adjacent to an activating group) is 1. The van der Waals surface area contributed by atoms with Gasteiger partial charge in [-0.1, -0.05) is 11.2 Å². The van der Waals surface area contributed by atoms with E-state index >= 15 is 0 Å². The zero-order valence-corrected chi connectivity index (χ0v) is 12.7. The van der Waals surface area contributed by atoms with Gasteiger partial charge in [-0.3, -0.25) is 4.79 Å². The third-order valence-corrected chi connectivity index (χ3v) is 3.34. The van der Waals surface area contributed by atoms with Crippen molar-refractivity contribution in [2.24, 2.45) is 0 Å². The fourth-order valence-corrected chi connectivity index (χ4v) is 2.15. The van der Waals surface area contributed by atoms with Crippen LogP contribution in [0, 0.1) is 0 Å². The number of hydrogen-bond acceptors (Lipinski definition) is 6. The summed E-state index contributed by atoms with van der Waals surface area (Å²) in [6, 6.07) is 3.87. The van der Waals surface area contributed by atoms with Crippen LogP contribution in [-0.2, 0) is 11.2 Å². The number of halogens is 1. The second-order valence-electron chi connectivity index (χ2n) is 3.94. The van der Waals surface area contributed by atoms with Gasteiger partial charge in [0.15, 0.2) is 0 Å². The lowest BCUT2D eigenvalue weighted by atomic mass is 10.3. The van der Waals surface area contributed by atoms with E-state index in [1.807, 2.05) is 24.6 Å². The molecule has 0 spiro atoms. The Morgan fingerprint density at radius 3 is 3.00 bits per heavy atom. The highest BCUT2D eigenvalue weighted by Crippen LogP contribution is 2.21. The molecule has 0 aliphatic heterocycles. The number of thiophene rings is 1. The van der Waals surface area contributed by atoms with Gasteiger partial charge < -0.3 is 15.2 Å². The van der Waals surface area contributed by atoms with Gasteiger partial charge in [-0.25, -0.2) is 0 Å². The molecular weight excluding hydrogens is 300 g/mol. The van der Waals surface area contributed by atoms with E-state index in [0.717, 1.165) is 11.4 Å². The highest BCUT2D eigenvalue weighted by Gasteiger charge is 2.10. The summed E-state index contributed by atoms with van der Waals surface area (Å²) < 4.78 is 5.12. The number of nitrogens with one attached hydrogen (secondary N) is 2. The third-order valence-electron chi connectivity index (χ3n) is 2.47. The maximum absolute atomic E-state index is 11.5. The van der Waals surface area contributed by atoms with Crippen molar-refractivity contribution in [3.63, 3.8) is 0 Å². The summed E-state index contributed by atoms with van der Waals surface area (Å²) in [5, 5.41) is 11.6. The molecule has 2 aromatic heterocycles. The summed E-state index contributed by atoms with van der Waals surface area (Å²) in [4.78, 5) is 16.7. The van der Waals surface area contributed by atoms with Crippen molar-refractivity contribution in [2.45, 2.75) is 12.8 Å². The van der Waals surface area contributed by atoms with Crippen LogP contribution in [0.5, 0.6) is 0 Å². The number of carbonyl (C=O) groups is 1. The van der Waals surface area contributed by atoms with E-state index in [4.69, 9.17) is 4.52 Å². The number of carbonyl (C=O) groups excluding carboxylic acids is 1. The molecule has 110 valence electrons. The average molecular weight is 317 g/mol. The molecule has 20 heavy (non-hydrogen) atoms. The molecule has 0 aromatic carbocycles. The molecule has 2 heterocycles. The Balaban J connectivity index is 0.00000200. The molecule has 0 saturated heterocycles. The van der Waals surface area contributed by atoms with Crippen LogP contribution in [0.25, 0.3) is 10.7 Å². The predicted octanol–water partition coefficient (Wildman–Crippen LogP) is 1.49. The maximum atomic E-state index is 11.5. The van der Waals surface area contributed by atoms with Crippen molar-refractivity contribution in [3.8, 4) is 10.7 Å². The molecule has 0 aliphatic rings. The van der Waals surface area contributed by atoms with Gasteiger partial charge in [0.1, 0.15) is 0 Å². The zero-order chi connectivity index (χ0) is 13.5. The van der Waals surface area contributed by atoms with Gasteiger partial charge in [0.05, 0.1) is 4.88 Å². The number of aryl methyl sites for hydroxylation is 1. The van der Waals surface area contributed by atoms with E-state index < -0.39 is 0 Å². The lowest BCUT2D eigenvalue weighted by molar-refractivity contribution is -0.121. The number of rotatable bonds is 7. The Morgan fingerprint density at radius 1 is 1.45 bits per heavy atom. The van der Waals surface area contributed by atoms with Crippen LogP contribution in [0.4, 0.5) is 0 Å². The molecule has 2 aromatic rings. The van der Waals surface area contributed by atoms with E-state index in [2.05, 4.69) is 20.8 Å². The highest BCUT2D eigenvalue weighted by molar-refractivity contribution is 7.13. The molecule has 0 bridgehead atoms. The van der Waals surface area contributed by atoms with Crippen LogP contribution < -0.4 is 10.6 Å². The quantitative estimate of drug-likeness (QED) is 0.756. The van der Waals surface area contributed by atoms with E-state index in [-0.39, 0.29) is 18.3 Å². The van der Waals surface area contributed by atoms with Gasteiger partial charge in [0.25, 0.3) is 0 Å².